The van der Waals surface area contributed by atoms with Crippen LogP contribution in [-0.4, -0.2) is 27.1 Å². The maximum atomic E-state index is 9.27. The summed E-state index contributed by atoms with van der Waals surface area (Å²) >= 11 is 0. The molecule has 1 aromatic carbocycles. The summed E-state index contributed by atoms with van der Waals surface area (Å²) in [6.07, 6.45) is 2.78. The Balaban J connectivity index is 3.38. The van der Waals surface area contributed by atoms with Crippen molar-refractivity contribution in [3.8, 4) is 11.5 Å². The summed E-state index contributed by atoms with van der Waals surface area (Å²) in [7, 11) is -0.277. The molecule has 0 aliphatic carbocycles. The molecule has 0 aromatic heterocycles. The first-order valence-electron chi connectivity index (χ1n) is 9.73. The summed E-state index contributed by atoms with van der Waals surface area (Å²) in [4.78, 5) is 0. The number of benzene rings is 1. The number of aliphatic hydroxyl groups excluding tert-OH is 1. The van der Waals surface area contributed by atoms with Crippen molar-refractivity contribution in [2.24, 2.45) is 0 Å². The molecule has 4 heteroatoms. The molecule has 0 saturated carbocycles. The molecule has 1 aromatic rings. The molecule has 0 radical (unpaired) electrons. The molecule has 0 amide bonds. The highest BCUT2D eigenvalue weighted by Gasteiger charge is 2.47. The smallest absolute Gasteiger partial charge is 0.258 e. The van der Waals surface area contributed by atoms with E-state index in [9.17, 15) is 5.11 Å². The summed E-state index contributed by atoms with van der Waals surface area (Å²) in [5.74, 6) is 1.86. The molecule has 0 fully saturated rings. The highest BCUT2D eigenvalue weighted by atomic mass is 28.4. The van der Waals surface area contributed by atoms with Gasteiger partial charge < -0.3 is 14.3 Å². The lowest BCUT2D eigenvalue weighted by Gasteiger charge is -2.42. The van der Waals surface area contributed by atoms with Crippen LogP contribution in [0.5, 0.6) is 11.5 Å². The van der Waals surface area contributed by atoms with Crippen LogP contribution in [0.3, 0.4) is 0 Å². The van der Waals surface area contributed by atoms with Gasteiger partial charge in [-0.25, -0.2) is 0 Å². The topological polar surface area (TPSA) is 38.7 Å². The van der Waals surface area contributed by atoms with E-state index < -0.39 is 8.32 Å². The van der Waals surface area contributed by atoms with Crippen LogP contribution in [0.2, 0.25) is 16.6 Å². The molecule has 0 saturated heterocycles. The van der Waals surface area contributed by atoms with Crippen molar-refractivity contribution in [3.63, 3.8) is 0 Å². The van der Waals surface area contributed by atoms with E-state index in [1.54, 1.807) is 7.11 Å². The van der Waals surface area contributed by atoms with Crippen LogP contribution in [-0.2, 0) is 6.42 Å². The molecular formula is C22H38O3Si. The van der Waals surface area contributed by atoms with Gasteiger partial charge in [0, 0.05) is 5.56 Å². The van der Waals surface area contributed by atoms with E-state index in [1.807, 2.05) is 6.92 Å². The first-order valence-corrected chi connectivity index (χ1v) is 11.9. The van der Waals surface area contributed by atoms with Gasteiger partial charge in [0.15, 0.2) is 0 Å². The molecule has 0 atom stereocenters. The third-order valence-corrected chi connectivity index (χ3v) is 11.5. The Labute approximate surface area is 161 Å². The molecule has 0 heterocycles. The van der Waals surface area contributed by atoms with Crippen molar-refractivity contribution >= 4 is 8.32 Å². The monoisotopic (exact) mass is 378 g/mol. The average Bonchev–Trinajstić information content (AvgIpc) is 2.56. The largest absolute Gasteiger partial charge is 0.543 e. The highest BCUT2D eigenvalue weighted by Crippen LogP contribution is 2.43. The first kappa shape index (κ1) is 22.8. The zero-order chi connectivity index (χ0) is 20.1. The van der Waals surface area contributed by atoms with E-state index in [2.05, 4.69) is 66.7 Å². The standard InChI is InChI=1S/C22H38O3Si/c1-15(2)26(16(3)4,17(5)6)25-21-12-19(8)22(24-9)20(13-21)11-10-18(7)14-23/h10,12-13,15-17,23H,11,14H2,1-9H3/b18-10+. The quantitative estimate of drug-likeness (QED) is 0.420. The number of hydrogen-bond donors (Lipinski definition) is 1. The van der Waals surface area contributed by atoms with Crippen molar-refractivity contribution in [1.29, 1.82) is 0 Å². The van der Waals surface area contributed by atoms with E-state index in [0.717, 1.165) is 34.6 Å². The third-order valence-electron chi connectivity index (χ3n) is 5.45. The molecule has 148 valence electrons. The van der Waals surface area contributed by atoms with Gasteiger partial charge in [-0.1, -0.05) is 53.2 Å². The van der Waals surface area contributed by atoms with Gasteiger partial charge >= 0.3 is 0 Å². The minimum Gasteiger partial charge on any atom is -0.543 e. The number of methoxy groups -OCH3 is 1. The second-order valence-electron chi connectivity index (χ2n) is 8.26. The predicted molar refractivity (Wildman–Crippen MR) is 114 cm³/mol. The van der Waals surface area contributed by atoms with E-state index >= 15 is 0 Å². The van der Waals surface area contributed by atoms with Gasteiger partial charge in [0.2, 0.25) is 0 Å². The number of ether oxygens (including phenoxy) is 1. The van der Waals surface area contributed by atoms with Gasteiger partial charge in [-0.2, -0.15) is 0 Å². The second kappa shape index (κ2) is 9.61. The molecule has 0 aliphatic heterocycles. The van der Waals surface area contributed by atoms with Crippen LogP contribution >= 0.6 is 0 Å². The Kier molecular flexibility index (Phi) is 8.42. The SMILES string of the molecule is COc1c(C)cc(O[Si](C(C)C)(C(C)C)C(C)C)cc1C/C=C(\C)CO. The van der Waals surface area contributed by atoms with Gasteiger partial charge in [-0.3, -0.25) is 0 Å². The Morgan fingerprint density at radius 1 is 1.08 bits per heavy atom. The maximum absolute atomic E-state index is 9.27. The lowest BCUT2D eigenvalue weighted by atomic mass is 10.0. The van der Waals surface area contributed by atoms with Gasteiger partial charge in [0.25, 0.3) is 8.32 Å². The van der Waals surface area contributed by atoms with Crippen LogP contribution < -0.4 is 9.16 Å². The highest BCUT2D eigenvalue weighted by molar-refractivity contribution is 6.78. The summed E-state index contributed by atoms with van der Waals surface area (Å²) in [5.41, 5.74) is 4.76. The molecule has 0 bridgehead atoms. The van der Waals surface area contributed by atoms with Gasteiger partial charge in [-0.05, 0) is 54.6 Å². The lowest BCUT2D eigenvalue weighted by molar-refractivity contribution is 0.331. The Morgan fingerprint density at radius 2 is 1.62 bits per heavy atom. The van der Waals surface area contributed by atoms with Crippen molar-refractivity contribution < 1.29 is 14.3 Å². The Hall–Kier alpha value is -1.26. The van der Waals surface area contributed by atoms with Crippen molar-refractivity contribution in [3.05, 3.63) is 34.9 Å². The lowest BCUT2D eigenvalue weighted by Crippen LogP contribution is -2.50. The molecule has 3 nitrogen and oxygen atoms in total. The third kappa shape index (κ3) is 4.92. The average molecular weight is 379 g/mol. The minimum absolute atomic E-state index is 0.0849. The fourth-order valence-electron chi connectivity index (χ4n) is 4.22. The van der Waals surface area contributed by atoms with Crippen LogP contribution in [0.25, 0.3) is 0 Å². The second-order valence-corrected chi connectivity index (χ2v) is 13.6. The van der Waals surface area contributed by atoms with E-state index in [1.165, 1.54) is 0 Å². The first-order chi connectivity index (χ1) is 12.1. The fourth-order valence-corrected chi connectivity index (χ4v) is 9.45. The normalized spacial score (nSPS) is 13.0. The molecular weight excluding hydrogens is 340 g/mol. The zero-order valence-electron chi connectivity index (χ0n) is 18.1. The Bertz CT molecular complexity index is 596. The van der Waals surface area contributed by atoms with Crippen molar-refractivity contribution in [2.45, 2.75) is 78.4 Å². The van der Waals surface area contributed by atoms with Gasteiger partial charge in [-0.15, -0.1) is 0 Å². The van der Waals surface area contributed by atoms with Gasteiger partial charge in [0.1, 0.15) is 11.5 Å². The van der Waals surface area contributed by atoms with Crippen molar-refractivity contribution in [1.82, 2.24) is 0 Å². The van der Waals surface area contributed by atoms with Crippen LogP contribution in [0.1, 0.15) is 59.6 Å². The fraction of sp³-hybridized carbons (Fsp3) is 0.636. The molecule has 0 unspecified atom stereocenters. The van der Waals surface area contributed by atoms with Crippen LogP contribution in [0, 0.1) is 6.92 Å². The summed E-state index contributed by atoms with van der Waals surface area (Å²) in [5, 5.41) is 9.27. The maximum Gasteiger partial charge on any atom is 0.258 e. The van der Waals surface area contributed by atoms with E-state index in [-0.39, 0.29) is 6.61 Å². The minimum atomic E-state index is -1.99. The molecule has 26 heavy (non-hydrogen) atoms. The molecule has 1 N–H and O–H groups in total. The number of allylic oxidation sites excluding steroid dienone is 1. The Morgan fingerprint density at radius 3 is 2.04 bits per heavy atom. The van der Waals surface area contributed by atoms with Crippen LogP contribution in [0.4, 0.5) is 0 Å². The number of rotatable bonds is 9. The zero-order valence-corrected chi connectivity index (χ0v) is 19.1. The molecule has 1 rings (SSSR count). The molecule has 0 aliphatic rings. The molecule has 0 spiro atoms. The number of hydrogen-bond acceptors (Lipinski definition) is 3. The van der Waals surface area contributed by atoms with Crippen molar-refractivity contribution in [2.75, 3.05) is 13.7 Å². The van der Waals surface area contributed by atoms with E-state index in [0.29, 0.717) is 16.6 Å². The predicted octanol–water partition coefficient (Wildman–Crippen LogP) is 6.04. The van der Waals surface area contributed by atoms with Gasteiger partial charge in [0.05, 0.1) is 13.7 Å². The summed E-state index contributed by atoms with van der Waals surface area (Å²) in [6.45, 7) is 17.9. The van der Waals surface area contributed by atoms with Crippen LogP contribution in [0.15, 0.2) is 23.8 Å². The number of aryl methyl sites for hydroxylation is 1. The summed E-state index contributed by atoms with van der Waals surface area (Å²) < 4.78 is 12.5. The number of aliphatic hydroxyl groups is 1. The summed E-state index contributed by atoms with van der Waals surface area (Å²) in [6, 6.07) is 4.24. The van der Waals surface area contributed by atoms with E-state index in [4.69, 9.17) is 9.16 Å².